The lowest BCUT2D eigenvalue weighted by Crippen LogP contribution is -2.55. The first-order chi connectivity index (χ1) is 23.0. The molecule has 12 heteroatoms. The Bertz CT molecular complexity index is 1320. The molecule has 0 bridgehead atoms. The number of nitrogens with zero attached hydrogens (tertiary/aromatic N) is 1. The van der Waals surface area contributed by atoms with Gasteiger partial charge in [-0.05, 0) is 80.5 Å². The number of carbonyl (C=O) groups is 4. The molecule has 0 unspecified atom stereocenters. The maximum Gasteiger partial charge on any atom is 0.326 e. The Morgan fingerprint density at radius 3 is 2.12 bits per heavy atom. The highest BCUT2D eigenvalue weighted by Gasteiger charge is 2.35. The smallest absolute Gasteiger partial charge is 0.326 e. The zero-order valence-corrected chi connectivity index (χ0v) is 30.2. The number of amides is 2. The van der Waals surface area contributed by atoms with E-state index in [1.165, 1.54) is 12.1 Å². The molecule has 3 atom stereocenters. The monoisotopic (exact) mass is 685 g/mol. The molecule has 2 amide bonds. The molecule has 2 rings (SSSR count). The molecule has 0 spiro atoms. The summed E-state index contributed by atoms with van der Waals surface area (Å²) in [6.07, 6.45) is 4.47. The second-order valence-corrected chi connectivity index (χ2v) is 14.7. The van der Waals surface area contributed by atoms with Gasteiger partial charge in [-0.3, -0.25) is 19.4 Å². The van der Waals surface area contributed by atoms with Gasteiger partial charge in [0.15, 0.2) is 5.78 Å². The first kappa shape index (κ1) is 41.4. The number of ketones is 1. The van der Waals surface area contributed by atoms with E-state index in [-0.39, 0.29) is 41.5 Å². The van der Waals surface area contributed by atoms with Gasteiger partial charge in [0, 0.05) is 37.6 Å². The third kappa shape index (κ3) is 15.1. The molecule has 274 valence electrons. The molecule has 1 aliphatic rings. The molecule has 12 nitrogen and oxygen atoms in total. The summed E-state index contributed by atoms with van der Waals surface area (Å²) in [5.41, 5.74) is 7.56. The highest BCUT2D eigenvalue weighted by molar-refractivity contribution is 6.23. The number of phenols is 1. The Hall–Kier alpha value is -3.77. The molecule has 1 aromatic carbocycles. The number of carbonyl (C=O) groups excluding carboxylic acids is 3. The van der Waals surface area contributed by atoms with Crippen LogP contribution in [-0.4, -0.2) is 81.9 Å². The number of carboxylic acid groups (broad SMARTS) is 1. The Morgan fingerprint density at radius 1 is 0.898 bits per heavy atom. The molecule has 0 saturated heterocycles. The molecule has 1 aromatic rings. The SMILES string of the molecule is CC(C)CC(=NCCCC[C@H](N)C(=O)N[C@@H](Cc1ccc(O)cc1)C(=O)N[C@@H](CCCCNC(C)C)C(=O)O)C1=C(O)CC(C)(C)CC1=O. The first-order valence-corrected chi connectivity index (χ1v) is 17.6. The summed E-state index contributed by atoms with van der Waals surface area (Å²) >= 11 is 0. The van der Waals surface area contributed by atoms with Gasteiger partial charge in [-0.25, -0.2) is 4.79 Å². The van der Waals surface area contributed by atoms with Crippen molar-refractivity contribution in [3.8, 4) is 5.75 Å². The number of aliphatic hydroxyl groups is 1. The summed E-state index contributed by atoms with van der Waals surface area (Å²) < 4.78 is 0. The average molecular weight is 686 g/mol. The molecule has 8 N–H and O–H groups in total. The van der Waals surface area contributed by atoms with Gasteiger partial charge in [0.05, 0.1) is 11.6 Å². The van der Waals surface area contributed by atoms with Crippen LogP contribution in [0.25, 0.3) is 0 Å². The van der Waals surface area contributed by atoms with Gasteiger partial charge in [0.2, 0.25) is 11.8 Å². The van der Waals surface area contributed by atoms with Gasteiger partial charge in [0.1, 0.15) is 23.6 Å². The normalized spacial score (nSPS) is 16.8. The van der Waals surface area contributed by atoms with Crippen molar-refractivity contribution in [2.24, 2.45) is 22.1 Å². The Morgan fingerprint density at radius 2 is 1.53 bits per heavy atom. The molecule has 0 saturated carbocycles. The number of nitrogens with one attached hydrogen (secondary N) is 3. The van der Waals surface area contributed by atoms with Crippen LogP contribution < -0.4 is 21.7 Å². The van der Waals surface area contributed by atoms with E-state index in [0.29, 0.717) is 74.4 Å². The number of nitrogens with two attached hydrogens (primary N) is 1. The maximum absolute atomic E-state index is 13.4. The second kappa shape index (κ2) is 20.0. The summed E-state index contributed by atoms with van der Waals surface area (Å²) in [7, 11) is 0. The Balaban J connectivity index is 2.03. The molecule has 0 aliphatic heterocycles. The standard InChI is InChI=1S/C37H59N5O7/c1-23(2)19-29(33-31(44)21-37(5,6)22-32(33)45)40-18-9-7-11-27(38)34(46)42-30(20-25-13-15-26(43)16-14-25)35(47)41-28(36(48)49)12-8-10-17-39-24(3)4/h13-16,23-24,27-28,30,39,43-44H,7-12,17-22,38H2,1-6H3,(H,41,47)(H,42,46)(H,48,49)/t27-,28-,30-/m0/s1. The van der Waals surface area contributed by atoms with Crippen molar-refractivity contribution in [1.82, 2.24) is 16.0 Å². The summed E-state index contributed by atoms with van der Waals surface area (Å²) in [6, 6.07) is 3.39. The number of benzene rings is 1. The van der Waals surface area contributed by atoms with Gasteiger partial charge in [-0.1, -0.05) is 53.7 Å². The molecule has 1 aliphatic carbocycles. The predicted molar refractivity (Wildman–Crippen MR) is 192 cm³/mol. The van der Waals surface area contributed by atoms with Crippen molar-refractivity contribution in [3.05, 3.63) is 41.2 Å². The fourth-order valence-corrected chi connectivity index (χ4v) is 5.82. The number of carboxylic acids is 1. The first-order valence-electron chi connectivity index (χ1n) is 17.6. The van der Waals surface area contributed by atoms with Crippen LogP contribution in [0, 0.1) is 11.3 Å². The number of allylic oxidation sites excluding steroid dienone is 2. The third-order valence-corrected chi connectivity index (χ3v) is 8.40. The van der Waals surface area contributed by atoms with E-state index in [1.54, 1.807) is 12.1 Å². The summed E-state index contributed by atoms with van der Waals surface area (Å²) in [5, 5.41) is 38.7. The van der Waals surface area contributed by atoms with E-state index in [2.05, 4.69) is 16.0 Å². The number of phenolic OH excluding ortho intramolecular Hbond substituents is 1. The minimum Gasteiger partial charge on any atom is -0.511 e. The molecule has 0 fully saturated rings. The summed E-state index contributed by atoms with van der Waals surface area (Å²) in [4.78, 5) is 56.1. The summed E-state index contributed by atoms with van der Waals surface area (Å²) in [6.45, 7) is 13.2. The fourth-order valence-electron chi connectivity index (χ4n) is 5.82. The van der Waals surface area contributed by atoms with Gasteiger partial charge in [-0.15, -0.1) is 0 Å². The van der Waals surface area contributed by atoms with Gasteiger partial charge in [-0.2, -0.15) is 0 Å². The van der Waals surface area contributed by atoms with Crippen molar-refractivity contribution in [2.45, 2.75) is 130 Å². The summed E-state index contributed by atoms with van der Waals surface area (Å²) in [5.74, 6) is -2.03. The lowest BCUT2D eigenvalue weighted by molar-refractivity contribution is -0.142. The van der Waals surface area contributed by atoms with E-state index in [9.17, 15) is 34.5 Å². The minimum absolute atomic E-state index is 0.0529. The highest BCUT2D eigenvalue weighted by Crippen LogP contribution is 2.36. The quantitative estimate of drug-likeness (QED) is 0.0725. The zero-order chi connectivity index (χ0) is 36.7. The average Bonchev–Trinajstić information content (AvgIpc) is 2.98. The van der Waals surface area contributed by atoms with Crippen LogP contribution in [-0.2, 0) is 25.6 Å². The van der Waals surface area contributed by atoms with Crippen LogP contribution in [0.4, 0.5) is 0 Å². The zero-order valence-electron chi connectivity index (χ0n) is 30.2. The van der Waals surface area contributed by atoms with Crippen LogP contribution in [0.2, 0.25) is 0 Å². The van der Waals surface area contributed by atoms with Crippen LogP contribution in [0.3, 0.4) is 0 Å². The highest BCUT2D eigenvalue weighted by atomic mass is 16.4. The van der Waals surface area contributed by atoms with Crippen molar-refractivity contribution < 1.29 is 34.5 Å². The number of aromatic hydroxyl groups is 1. The van der Waals surface area contributed by atoms with Crippen LogP contribution in [0.5, 0.6) is 5.75 Å². The number of hydrogen-bond acceptors (Lipinski definition) is 9. The molecule has 0 radical (unpaired) electrons. The molecule has 0 heterocycles. The van der Waals surface area contributed by atoms with Crippen LogP contribution >= 0.6 is 0 Å². The van der Waals surface area contributed by atoms with E-state index < -0.39 is 35.9 Å². The maximum atomic E-state index is 13.4. The number of aliphatic hydroxyl groups excluding tert-OH is 1. The number of Topliss-reactive ketones (excluding diaryl/α,β-unsaturated/α-hetero) is 1. The number of rotatable bonds is 21. The van der Waals surface area contributed by atoms with Gasteiger partial charge in [0.25, 0.3) is 0 Å². The molecular weight excluding hydrogens is 626 g/mol. The van der Waals surface area contributed by atoms with Gasteiger partial charge >= 0.3 is 5.97 Å². The molecule has 0 aromatic heterocycles. The predicted octanol–water partition coefficient (Wildman–Crippen LogP) is 4.34. The lowest BCUT2D eigenvalue weighted by atomic mass is 9.75. The van der Waals surface area contributed by atoms with E-state index in [0.717, 1.165) is 13.0 Å². The van der Waals surface area contributed by atoms with Crippen molar-refractivity contribution >= 4 is 29.3 Å². The number of unbranched alkanes of at least 4 members (excludes halogenated alkanes) is 2. The van der Waals surface area contributed by atoms with Crippen LogP contribution in [0.15, 0.2) is 40.6 Å². The minimum atomic E-state index is -1.15. The van der Waals surface area contributed by atoms with E-state index >= 15 is 0 Å². The third-order valence-electron chi connectivity index (χ3n) is 8.40. The van der Waals surface area contributed by atoms with E-state index in [1.807, 2.05) is 41.5 Å². The number of hydrogen-bond donors (Lipinski definition) is 7. The molecular formula is C37H59N5O7. The molecule has 49 heavy (non-hydrogen) atoms. The van der Waals surface area contributed by atoms with Crippen molar-refractivity contribution in [3.63, 3.8) is 0 Å². The van der Waals surface area contributed by atoms with E-state index in [4.69, 9.17) is 10.7 Å². The van der Waals surface area contributed by atoms with Crippen LogP contribution in [0.1, 0.15) is 105 Å². The topological polar surface area (TPSA) is 203 Å². The lowest BCUT2D eigenvalue weighted by Gasteiger charge is -2.30. The number of aliphatic carboxylic acids is 1. The van der Waals surface area contributed by atoms with Gasteiger partial charge < -0.3 is 37.0 Å². The Labute approximate surface area is 291 Å². The Kier molecular flexibility index (Phi) is 16.9. The largest absolute Gasteiger partial charge is 0.511 e. The van der Waals surface area contributed by atoms with Crippen molar-refractivity contribution in [1.29, 1.82) is 0 Å². The fraction of sp³-hybridized carbons (Fsp3) is 0.649. The second-order valence-electron chi connectivity index (χ2n) is 14.7. The number of aliphatic imine (C=N–C) groups is 1. The van der Waals surface area contributed by atoms with Crippen molar-refractivity contribution in [2.75, 3.05) is 13.1 Å².